The number of carbonyl (C=O) groups is 1. The predicted octanol–water partition coefficient (Wildman–Crippen LogP) is 2.57. The van der Waals surface area contributed by atoms with E-state index < -0.39 is 0 Å². The standard InChI is InChI=1S/C20H23N3O/c1-22-13-9-20(17-5-3-2-4-6-17)10-14-23(15-18(20)22)19(24)16-7-11-21-12-8-16/h2-8,11-12,18H,9-10,13-15H2,1H3/t18-,20+/m0/s1. The Morgan fingerprint density at radius 3 is 2.54 bits per heavy atom. The zero-order chi connectivity index (χ0) is 16.6. The van der Waals surface area contributed by atoms with Crippen LogP contribution in [0.1, 0.15) is 28.8 Å². The van der Waals surface area contributed by atoms with Crippen molar-refractivity contribution in [1.82, 2.24) is 14.8 Å². The summed E-state index contributed by atoms with van der Waals surface area (Å²) in [5, 5.41) is 0. The fourth-order valence-corrected chi connectivity index (χ4v) is 4.47. The lowest BCUT2D eigenvalue weighted by Crippen LogP contribution is -2.56. The average molecular weight is 321 g/mol. The van der Waals surface area contributed by atoms with Crippen LogP contribution in [0.15, 0.2) is 54.9 Å². The topological polar surface area (TPSA) is 36.4 Å². The van der Waals surface area contributed by atoms with Crippen LogP contribution in [0, 0.1) is 0 Å². The van der Waals surface area contributed by atoms with Crippen molar-refractivity contribution in [3.8, 4) is 0 Å². The number of aromatic nitrogens is 1. The maximum Gasteiger partial charge on any atom is 0.254 e. The van der Waals surface area contributed by atoms with E-state index in [4.69, 9.17) is 0 Å². The van der Waals surface area contributed by atoms with Gasteiger partial charge >= 0.3 is 0 Å². The minimum Gasteiger partial charge on any atom is -0.337 e. The number of likely N-dealkylation sites (N-methyl/N-ethyl adjacent to an activating group) is 1. The highest BCUT2D eigenvalue weighted by Crippen LogP contribution is 2.45. The van der Waals surface area contributed by atoms with Gasteiger partial charge in [-0.1, -0.05) is 30.3 Å². The summed E-state index contributed by atoms with van der Waals surface area (Å²) in [6.45, 7) is 2.71. The smallest absolute Gasteiger partial charge is 0.254 e. The molecule has 0 N–H and O–H groups in total. The van der Waals surface area contributed by atoms with Crippen molar-refractivity contribution in [1.29, 1.82) is 0 Å². The monoisotopic (exact) mass is 321 g/mol. The molecule has 2 aliphatic rings. The second-order valence-corrected chi connectivity index (χ2v) is 7.01. The van der Waals surface area contributed by atoms with Gasteiger partial charge in [0.1, 0.15) is 0 Å². The fourth-order valence-electron chi connectivity index (χ4n) is 4.47. The van der Waals surface area contributed by atoms with Gasteiger partial charge in [-0.15, -0.1) is 0 Å². The molecule has 1 aromatic heterocycles. The van der Waals surface area contributed by atoms with Crippen molar-refractivity contribution >= 4 is 5.91 Å². The van der Waals surface area contributed by atoms with Crippen LogP contribution in [0.2, 0.25) is 0 Å². The zero-order valence-electron chi connectivity index (χ0n) is 14.1. The highest BCUT2D eigenvalue weighted by atomic mass is 16.2. The van der Waals surface area contributed by atoms with E-state index in [0.29, 0.717) is 6.04 Å². The number of fused-ring (bicyclic) bond motifs is 1. The Hall–Kier alpha value is -2.20. The molecule has 2 aliphatic heterocycles. The van der Waals surface area contributed by atoms with Gasteiger partial charge in [0.05, 0.1) is 0 Å². The van der Waals surface area contributed by atoms with E-state index >= 15 is 0 Å². The van der Waals surface area contributed by atoms with E-state index in [-0.39, 0.29) is 11.3 Å². The Kier molecular flexibility index (Phi) is 3.85. The number of nitrogens with zero attached hydrogens (tertiary/aromatic N) is 3. The van der Waals surface area contributed by atoms with Crippen molar-refractivity contribution in [3.05, 3.63) is 66.0 Å². The molecule has 0 saturated carbocycles. The van der Waals surface area contributed by atoms with Crippen LogP contribution in [-0.2, 0) is 5.41 Å². The number of hydrogen-bond donors (Lipinski definition) is 0. The van der Waals surface area contributed by atoms with Crippen LogP contribution in [0.4, 0.5) is 0 Å². The summed E-state index contributed by atoms with van der Waals surface area (Å²) in [5.74, 6) is 0.124. The average Bonchev–Trinajstić information content (AvgIpc) is 3.00. The van der Waals surface area contributed by atoms with Gasteiger partial charge < -0.3 is 9.80 Å². The van der Waals surface area contributed by atoms with Crippen LogP contribution >= 0.6 is 0 Å². The summed E-state index contributed by atoms with van der Waals surface area (Å²) in [5.41, 5.74) is 2.35. The lowest BCUT2D eigenvalue weighted by atomic mass is 9.69. The van der Waals surface area contributed by atoms with E-state index in [1.807, 2.05) is 4.90 Å². The molecule has 4 nitrogen and oxygen atoms in total. The molecule has 0 aliphatic carbocycles. The molecule has 2 fully saturated rings. The number of carbonyl (C=O) groups excluding carboxylic acids is 1. The van der Waals surface area contributed by atoms with Crippen molar-refractivity contribution in [2.45, 2.75) is 24.3 Å². The molecule has 1 aromatic carbocycles. The molecule has 0 unspecified atom stereocenters. The molecular formula is C20H23N3O. The molecule has 124 valence electrons. The fraction of sp³-hybridized carbons (Fsp3) is 0.400. The van der Waals surface area contributed by atoms with Gasteiger partial charge in [0, 0.05) is 42.5 Å². The van der Waals surface area contributed by atoms with Gasteiger partial charge in [-0.25, -0.2) is 0 Å². The summed E-state index contributed by atoms with van der Waals surface area (Å²) < 4.78 is 0. The van der Waals surface area contributed by atoms with Gasteiger partial charge in [-0.3, -0.25) is 9.78 Å². The highest BCUT2D eigenvalue weighted by molar-refractivity contribution is 5.94. The Morgan fingerprint density at radius 2 is 1.79 bits per heavy atom. The first-order valence-corrected chi connectivity index (χ1v) is 8.66. The second-order valence-electron chi connectivity index (χ2n) is 7.01. The third-order valence-electron chi connectivity index (χ3n) is 5.86. The molecule has 0 spiro atoms. The van der Waals surface area contributed by atoms with E-state index in [9.17, 15) is 4.79 Å². The minimum atomic E-state index is 0.124. The molecule has 0 radical (unpaired) electrons. The number of benzene rings is 1. The van der Waals surface area contributed by atoms with Crippen LogP contribution < -0.4 is 0 Å². The van der Waals surface area contributed by atoms with E-state index in [2.05, 4.69) is 47.3 Å². The Balaban J connectivity index is 1.61. The first kappa shape index (κ1) is 15.3. The van der Waals surface area contributed by atoms with Gasteiger partial charge in [-0.05, 0) is 44.1 Å². The molecule has 2 atom stereocenters. The summed E-state index contributed by atoms with van der Waals surface area (Å²) >= 11 is 0. The lowest BCUT2D eigenvalue weighted by molar-refractivity contribution is 0.0553. The van der Waals surface area contributed by atoms with Gasteiger partial charge in [-0.2, -0.15) is 0 Å². The molecule has 2 aromatic rings. The van der Waals surface area contributed by atoms with Crippen LogP contribution in [0.3, 0.4) is 0 Å². The number of likely N-dealkylation sites (tertiary alicyclic amines) is 2. The number of pyridine rings is 1. The normalized spacial score (nSPS) is 27.0. The first-order valence-electron chi connectivity index (χ1n) is 8.66. The maximum atomic E-state index is 12.8. The van der Waals surface area contributed by atoms with E-state index in [0.717, 1.165) is 31.6 Å². The Labute approximate surface area is 143 Å². The van der Waals surface area contributed by atoms with Crippen molar-refractivity contribution < 1.29 is 4.79 Å². The maximum absolute atomic E-state index is 12.8. The van der Waals surface area contributed by atoms with Gasteiger partial charge in [0.15, 0.2) is 0 Å². The Morgan fingerprint density at radius 1 is 1.08 bits per heavy atom. The zero-order valence-corrected chi connectivity index (χ0v) is 14.1. The van der Waals surface area contributed by atoms with Crippen LogP contribution in [0.25, 0.3) is 0 Å². The first-order chi connectivity index (χ1) is 11.7. The molecule has 0 bridgehead atoms. The highest BCUT2D eigenvalue weighted by Gasteiger charge is 2.50. The van der Waals surface area contributed by atoms with E-state index in [1.54, 1.807) is 24.5 Å². The van der Waals surface area contributed by atoms with Crippen molar-refractivity contribution in [3.63, 3.8) is 0 Å². The summed E-state index contributed by atoms with van der Waals surface area (Å²) in [7, 11) is 2.19. The minimum absolute atomic E-state index is 0.124. The molecule has 4 heteroatoms. The van der Waals surface area contributed by atoms with Gasteiger partial charge in [0.25, 0.3) is 5.91 Å². The van der Waals surface area contributed by atoms with Gasteiger partial charge in [0.2, 0.25) is 0 Å². The number of amides is 1. The molecule has 1 amide bonds. The predicted molar refractivity (Wildman–Crippen MR) is 93.9 cm³/mol. The number of piperidine rings is 1. The molecule has 4 rings (SSSR count). The Bertz CT molecular complexity index is 718. The van der Waals surface area contributed by atoms with Crippen molar-refractivity contribution in [2.75, 3.05) is 26.7 Å². The SMILES string of the molecule is CN1CC[C@]2(c3ccccc3)CCN(C(=O)c3ccncc3)C[C@H]12. The second kappa shape index (κ2) is 6.02. The van der Waals surface area contributed by atoms with Crippen LogP contribution in [-0.4, -0.2) is 53.4 Å². The molecule has 24 heavy (non-hydrogen) atoms. The third-order valence-corrected chi connectivity index (χ3v) is 5.86. The molecule has 3 heterocycles. The summed E-state index contributed by atoms with van der Waals surface area (Å²) in [6, 6.07) is 14.9. The quantitative estimate of drug-likeness (QED) is 0.853. The van der Waals surface area contributed by atoms with Crippen LogP contribution in [0.5, 0.6) is 0 Å². The summed E-state index contributed by atoms with van der Waals surface area (Å²) in [4.78, 5) is 21.3. The summed E-state index contributed by atoms with van der Waals surface area (Å²) in [6.07, 6.45) is 5.58. The number of hydrogen-bond acceptors (Lipinski definition) is 3. The molecular weight excluding hydrogens is 298 g/mol. The van der Waals surface area contributed by atoms with E-state index in [1.165, 1.54) is 12.0 Å². The third kappa shape index (κ3) is 2.42. The number of rotatable bonds is 2. The lowest BCUT2D eigenvalue weighted by Gasteiger charge is -2.46. The largest absolute Gasteiger partial charge is 0.337 e. The molecule has 2 saturated heterocycles. The van der Waals surface area contributed by atoms with Crippen molar-refractivity contribution in [2.24, 2.45) is 0 Å².